The largest absolute Gasteiger partial charge is 0.469 e. The Bertz CT molecular complexity index is 427. The SMILES string of the molecule is COC(=O)Cc1cc(C(F)F)c(Br)nc1CBr. The third-order valence-corrected chi connectivity index (χ3v) is 3.26. The average Bonchev–Trinajstić information content (AvgIpc) is 2.30. The van der Waals surface area contributed by atoms with Gasteiger partial charge in [0.1, 0.15) is 4.60 Å². The molecular formula is C10H9Br2F2NO2. The van der Waals surface area contributed by atoms with Crippen LogP contribution < -0.4 is 0 Å². The van der Waals surface area contributed by atoms with Crippen LogP contribution in [0, 0.1) is 0 Å². The van der Waals surface area contributed by atoms with Crippen molar-refractivity contribution in [2.45, 2.75) is 18.2 Å². The number of aromatic nitrogens is 1. The number of pyridine rings is 1. The first-order valence-corrected chi connectivity index (χ1v) is 6.50. The Morgan fingerprint density at radius 1 is 1.59 bits per heavy atom. The van der Waals surface area contributed by atoms with Gasteiger partial charge in [0.25, 0.3) is 6.43 Å². The van der Waals surface area contributed by atoms with Crippen LogP contribution >= 0.6 is 31.9 Å². The predicted molar refractivity (Wildman–Crippen MR) is 65.2 cm³/mol. The van der Waals surface area contributed by atoms with Gasteiger partial charge < -0.3 is 4.74 Å². The number of carbonyl (C=O) groups excluding carboxylic acids is 1. The summed E-state index contributed by atoms with van der Waals surface area (Å²) in [4.78, 5) is 15.1. The molecule has 0 saturated heterocycles. The minimum atomic E-state index is -2.64. The van der Waals surface area contributed by atoms with Crippen molar-refractivity contribution in [1.29, 1.82) is 0 Å². The highest BCUT2D eigenvalue weighted by Crippen LogP contribution is 2.28. The maximum atomic E-state index is 12.7. The van der Waals surface area contributed by atoms with Crippen molar-refractivity contribution >= 4 is 37.8 Å². The number of rotatable bonds is 4. The molecule has 3 nitrogen and oxygen atoms in total. The van der Waals surface area contributed by atoms with Gasteiger partial charge in [-0.1, -0.05) is 15.9 Å². The van der Waals surface area contributed by atoms with Crippen molar-refractivity contribution in [2.75, 3.05) is 7.11 Å². The maximum absolute atomic E-state index is 12.7. The highest BCUT2D eigenvalue weighted by Gasteiger charge is 2.18. The van der Waals surface area contributed by atoms with E-state index < -0.39 is 12.4 Å². The number of ether oxygens (including phenoxy) is 1. The van der Waals surface area contributed by atoms with Gasteiger partial charge in [0, 0.05) is 5.33 Å². The van der Waals surface area contributed by atoms with Gasteiger partial charge in [-0.2, -0.15) is 0 Å². The number of nitrogens with zero attached hydrogens (tertiary/aromatic N) is 1. The second-order valence-electron chi connectivity index (χ2n) is 3.16. The van der Waals surface area contributed by atoms with Crippen molar-refractivity contribution in [3.8, 4) is 0 Å². The quantitative estimate of drug-likeness (QED) is 0.462. The first-order valence-electron chi connectivity index (χ1n) is 4.58. The zero-order valence-electron chi connectivity index (χ0n) is 8.84. The fourth-order valence-electron chi connectivity index (χ4n) is 1.23. The van der Waals surface area contributed by atoms with Gasteiger partial charge in [-0.15, -0.1) is 0 Å². The number of hydrogen-bond acceptors (Lipinski definition) is 3. The van der Waals surface area contributed by atoms with Gasteiger partial charge in [-0.05, 0) is 27.6 Å². The highest BCUT2D eigenvalue weighted by atomic mass is 79.9. The van der Waals surface area contributed by atoms with Gasteiger partial charge in [0.15, 0.2) is 0 Å². The molecule has 0 radical (unpaired) electrons. The maximum Gasteiger partial charge on any atom is 0.310 e. The second-order valence-corrected chi connectivity index (χ2v) is 4.47. The smallest absolute Gasteiger partial charge is 0.310 e. The van der Waals surface area contributed by atoms with E-state index in [0.29, 0.717) is 16.6 Å². The molecule has 1 aromatic heterocycles. The van der Waals surface area contributed by atoms with Gasteiger partial charge in [-0.3, -0.25) is 4.79 Å². The molecule has 0 aliphatic rings. The van der Waals surface area contributed by atoms with E-state index in [-0.39, 0.29) is 16.6 Å². The number of carbonyl (C=O) groups is 1. The second kappa shape index (κ2) is 6.39. The van der Waals surface area contributed by atoms with Crippen LogP contribution in [0.5, 0.6) is 0 Å². The summed E-state index contributed by atoms with van der Waals surface area (Å²) >= 11 is 6.17. The summed E-state index contributed by atoms with van der Waals surface area (Å²) in [7, 11) is 1.25. The number of hydrogen-bond donors (Lipinski definition) is 0. The molecule has 0 atom stereocenters. The van der Waals surface area contributed by atoms with Crippen LogP contribution in [0.4, 0.5) is 8.78 Å². The lowest BCUT2D eigenvalue weighted by atomic mass is 10.1. The summed E-state index contributed by atoms with van der Waals surface area (Å²) in [6, 6.07) is 1.27. The third-order valence-electron chi connectivity index (χ3n) is 2.10. The van der Waals surface area contributed by atoms with Gasteiger partial charge in [0.2, 0.25) is 0 Å². The van der Waals surface area contributed by atoms with E-state index in [4.69, 9.17) is 0 Å². The lowest BCUT2D eigenvalue weighted by Crippen LogP contribution is -2.09. The van der Waals surface area contributed by atoms with Crippen LogP contribution in [-0.4, -0.2) is 18.1 Å². The lowest BCUT2D eigenvalue weighted by molar-refractivity contribution is -0.139. The average molecular weight is 373 g/mol. The molecule has 0 bridgehead atoms. The summed E-state index contributed by atoms with van der Waals surface area (Å²) in [5, 5.41) is 0.376. The fourth-order valence-corrected chi connectivity index (χ4v) is 2.22. The molecule has 0 aromatic carbocycles. The fraction of sp³-hybridized carbons (Fsp3) is 0.400. The Hall–Kier alpha value is -0.560. The van der Waals surface area contributed by atoms with Crippen LogP contribution in [0.25, 0.3) is 0 Å². The normalized spacial score (nSPS) is 10.7. The molecule has 7 heteroatoms. The van der Waals surface area contributed by atoms with Crippen molar-refractivity contribution in [3.05, 3.63) is 27.5 Å². The Labute approximate surface area is 114 Å². The summed E-state index contributed by atoms with van der Waals surface area (Å²) in [5.41, 5.74) is 0.743. The first kappa shape index (κ1) is 14.5. The Morgan fingerprint density at radius 2 is 2.24 bits per heavy atom. The zero-order chi connectivity index (χ0) is 13.0. The minimum absolute atomic E-state index is 0.0720. The topological polar surface area (TPSA) is 39.2 Å². The van der Waals surface area contributed by atoms with Crippen LogP contribution in [0.3, 0.4) is 0 Å². The van der Waals surface area contributed by atoms with Crippen molar-refractivity contribution < 1.29 is 18.3 Å². The molecule has 1 rings (SSSR count). The van der Waals surface area contributed by atoms with E-state index >= 15 is 0 Å². The van der Waals surface area contributed by atoms with E-state index in [1.165, 1.54) is 13.2 Å². The van der Waals surface area contributed by atoms with Gasteiger partial charge >= 0.3 is 5.97 Å². The molecule has 0 amide bonds. The van der Waals surface area contributed by atoms with E-state index in [1.54, 1.807) is 0 Å². The van der Waals surface area contributed by atoms with Crippen LogP contribution in [0.15, 0.2) is 10.7 Å². The molecule has 1 aromatic rings. The molecule has 0 N–H and O–H groups in total. The molecule has 94 valence electrons. The molecule has 0 aliphatic heterocycles. The monoisotopic (exact) mass is 371 g/mol. The first-order chi connectivity index (χ1) is 7.99. The molecule has 0 fully saturated rings. The van der Waals surface area contributed by atoms with E-state index in [0.717, 1.165) is 0 Å². The van der Waals surface area contributed by atoms with Crippen LogP contribution in [0.1, 0.15) is 23.2 Å². The third kappa shape index (κ3) is 3.70. The molecule has 0 aliphatic carbocycles. The highest BCUT2D eigenvalue weighted by molar-refractivity contribution is 9.10. The molecule has 0 saturated carbocycles. The molecular weight excluding hydrogens is 364 g/mol. The summed E-state index contributed by atoms with van der Waals surface area (Å²) in [6.07, 6.45) is -2.71. The summed E-state index contributed by atoms with van der Waals surface area (Å²) in [5.74, 6) is -0.489. The van der Waals surface area contributed by atoms with Crippen molar-refractivity contribution in [2.24, 2.45) is 0 Å². The summed E-state index contributed by atoms with van der Waals surface area (Å²) in [6.45, 7) is 0. The predicted octanol–water partition coefficient (Wildman–Crippen LogP) is 3.39. The number of alkyl halides is 3. The Morgan fingerprint density at radius 3 is 2.71 bits per heavy atom. The number of esters is 1. The van der Waals surface area contributed by atoms with Gasteiger partial charge in [-0.25, -0.2) is 13.8 Å². The Kier molecular flexibility index (Phi) is 5.45. The van der Waals surface area contributed by atoms with Crippen LogP contribution in [0.2, 0.25) is 0 Å². The van der Waals surface area contributed by atoms with Gasteiger partial charge in [0.05, 0.1) is 24.8 Å². The summed E-state index contributed by atoms with van der Waals surface area (Å²) < 4.78 is 29.9. The van der Waals surface area contributed by atoms with Crippen LogP contribution in [-0.2, 0) is 21.3 Å². The Balaban J connectivity index is 3.16. The molecule has 0 spiro atoms. The zero-order valence-corrected chi connectivity index (χ0v) is 12.0. The van der Waals surface area contributed by atoms with Crippen molar-refractivity contribution in [3.63, 3.8) is 0 Å². The molecule has 17 heavy (non-hydrogen) atoms. The number of methoxy groups -OCH3 is 1. The lowest BCUT2D eigenvalue weighted by Gasteiger charge is -2.10. The van der Waals surface area contributed by atoms with E-state index in [9.17, 15) is 13.6 Å². The standard InChI is InChI=1S/C10H9Br2F2NO2/c1-17-8(16)3-5-2-6(10(13)14)9(12)15-7(5)4-11/h2,10H,3-4H2,1H3. The van der Waals surface area contributed by atoms with E-state index in [2.05, 4.69) is 41.6 Å². The minimum Gasteiger partial charge on any atom is -0.469 e. The number of halogens is 4. The molecule has 0 unspecified atom stereocenters. The van der Waals surface area contributed by atoms with E-state index in [1.807, 2.05) is 0 Å². The molecule has 1 heterocycles. The van der Waals surface area contributed by atoms with Crippen molar-refractivity contribution in [1.82, 2.24) is 4.98 Å².